The Hall–Kier alpha value is -1.39. The van der Waals surface area contributed by atoms with Gasteiger partial charge in [-0.15, -0.1) is 0 Å². The van der Waals surface area contributed by atoms with Crippen molar-refractivity contribution in [3.63, 3.8) is 0 Å². The van der Waals surface area contributed by atoms with E-state index in [0.29, 0.717) is 11.0 Å². The van der Waals surface area contributed by atoms with Crippen molar-refractivity contribution in [3.05, 3.63) is 34.9 Å². The molecule has 1 saturated carbocycles. The van der Waals surface area contributed by atoms with E-state index in [1.807, 2.05) is 19.1 Å². The van der Waals surface area contributed by atoms with Gasteiger partial charge in [-0.2, -0.15) is 0 Å². The molecule has 19 heavy (non-hydrogen) atoms. The monoisotopic (exact) mass is 262 g/mol. The zero-order chi connectivity index (χ0) is 13.9. The van der Waals surface area contributed by atoms with Gasteiger partial charge in [0.1, 0.15) is 0 Å². The van der Waals surface area contributed by atoms with E-state index in [0.717, 1.165) is 25.1 Å². The molecule has 0 saturated heterocycles. The maximum absolute atomic E-state index is 11.1. The number of carbonyl (C=O) groups excluding carboxylic acids is 1. The van der Waals surface area contributed by atoms with E-state index in [1.165, 1.54) is 18.4 Å². The van der Waals surface area contributed by atoms with Crippen molar-refractivity contribution in [2.24, 2.45) is 11.1 Å². The van der Waals surface area contributed by atoms with Crippen molar-refractivity contribution >= 4 is 5.91 Å². The maximum atomic E-state index is 11.1. The van der Waals surface area contributed by atoms with Gasteiger partial charge >= 0.3 is 0 Å². The second kappa shape index (κ2) is 5.72. The molecule has 0 aliphatic heterocycles. The first-order valence-corrected chi connectivity index (χ1v) is 6.77. The van der Waals surface area contributed by atoms with E-state index in [2.05, 4.69) is 5.32 Å². The van der Waals surface area contributed by atoms with E-state index in [9.17, 15) is 4.79 Å². The van der Waals surface area contributed by atoms with Crippen LogP contribution in [-0.2, 0) is 6.54 Å². The van der Waals surface area contributed by atoms with Crippen LogP contribution in [0.15, 0.2) is 18.2 Å². The Kier molecular flexibility index (Phi) is 4.22. The van der Waals surface area contributed by atoms with E-state index >= 15 is 0 Å². The fourth-order valence-corrected chi connectivity index (χ4v) is 2.44. The molecule has 1 aliphatic carbocycles. The van der Waals surface area contributed by atoms with Crippen LogP contribution in [0.5, 0.6) is 0 Å². The van der Waals surface area contributed by atoms with Crippen LogP contribution in [0.3, 0.4) is 0 Å². The summed E-state index contributed by atoms with van der Waals surface area (Å²) in [6, 6.07) is 5.56. The number of benzene rings is 1. The van der Waals surface area contributed by atoms with Gasteiger partial charge in [-0.1, -0.05) is 6.07 Å². The van der Waals surface area contributed by atoms with Crippen LogP contribution in [0.25, 0.3) is 0 Å². The Morgan fingerprint density at radius 3 is 2.74 bits per heavy atom. The molecule has 2 rings (SSSR count). The molecule has 0 unspecified atom stereocenters. The number of aliphatic hydroxyl groups is 1. The highest BCUT2D eigenvalue weighted by molar-refractivity contribution is 5.93. The highest BCUT2D eigenvalue weighted by Gasteiger charge is 2.41. The highest BCUT2D eigenvalue weighted by Crippen LogP contribution is 2.47. The number of amides is 1. The number of hydrogen-bond acceptors (Lipinski definition) is 3. The van der Waals surface area contributed by atoms with Gasteiger partial charge in [-0.05, 0) is 54.9 Å². The summed E-state index contributed by atoms with van der Waals surface area (Å²) < 4.78 is 0. The van der Waals surface area contributed by atoms with Gasteiger partial charge in [0, 0.05) is 25.3 Å². The van der Waals surface area contributed by atoms with Gasteiger partial charge in [0.2, 0.25) is 5.91 Å². The first kappa shape index (κ1) is 14.0. The molecule has 1 aromatic carbocycles. The van der Waals surface area contributed by atoms with E-state index in [4.69, 9.17) is 10.8 Å². The number of nitrogens with one attached hydrogen (secondary N) is 1. The van der Waals surface area contributed by atoms with Crippen LogP contribution in [-0.4, -0.2) is 24.2 Å². The summed E-state index contributed by atoms with van der Waals surface area (Å²) >= 11 is 0. The maximum Gasteiger partial charge on any atom is 0.248 e. The zero-order valence-electron chi connectivity index (χ0n) is 11.4. The predicted molar refractivity (Wildman–Crippen MR) is 74.8 cm³/mol. The van der Waals surface area contributed by atoms with Crippen LogP contribution in [0.4, 0.5) is 0 Å². The Balaban J connectivity index is 1.88. The summed E-state index contributed by atoms with van der Waals surface area (Å²) in [5.41, 5.74) is 8.40. The van der Waals surface area contributed by atoms with Crippen molar-refractivity contribution < 1.29 is 9.90 Å². The smallest absolute Gasteiger partial charge is 0.248 e. The Labute approximate surface area is 114 Å². The van der Waals surface area contributed by atoms with E-state index < -0.39 is 0 Å². The van der Waals surface area contributed by atoms with Gasteiger partial charge < -0.3 is 16.2 Å². The minimum atomic E-state index is -0.387. The number of rotatable bonds is 7. The third-order valence-electron chi connectivity index (χ3n) is 4.04. The fourth-order valence-electron chi connectivity index (χ4n) is 2.44. The Morgan fingerprint density at radius 1 is 1.47 bits per heavy atom. The minimum Gasteiger partial charge on any atom is -0.396 e. The number of aryl methyl sites for hydroxylation is 1. The molecule has 4 nitrogen and oxygen atoms in total. The molecule has 4 N–H and O–H groups in total. The lowest BCUT2D eigenvalue weighted by Gasteiger charge is -2.15. The average Bonchev–Trinajstić information content (AvgIpc) is 3.11. The molecule has 1 aromatic rings. The topological polar surface area (TPSA) is 75.4 Å². The van der Waals surface area contributed by atoms with Crippen LogP contribution in [0.2, 0.25) is 0 Å². The van der Waals surface area contributed by atoms with Crippen molar-refractivity contribution in [3.8, 4) is 0 Å². The summed E-state index contributed by atoms with van der Waals surface area (Å²) in [6.07, 6.45) is 3.31. The average molecular weight is 262 g/mol. The molecule has 104 valence electrons. The number of primary amides is 1. The van der Waals surface area contributed by atoms with Crippen molar-refractivity contribution in [2.45, 2.75) is 32.7 Å². The molecular formula is C15H22N2O2. The third-order valence-corrected chi connectivity index (χ3v) is 4.04. The van der Waals surface area contributed by atoms with E-state index in [-0.39, 0.29) is 12.5 Å². The van der Waals surface area contributed by atoms with Crippen molar-refractivity contribution in [1.82, 2.24) is 5.32 Å². The minimum absolute atomic E-state index is 0.272. The summed E-state index contributed by atoms with van der Waals surface area (Å²) in [7, 11) is 0. The van der Waals surface area contributed by atoms with Gasteiger partial charge in [-0.3, -0.25) is 4.79 Å². The molecule has 0 aromatic heterocycles. The lowest BCUT2D eigenvalue weighted by atomic mass is 10.0. The molecule has 0 radical (unpaired) electrons. The molecular weight excluding hydrogens is 240 g/mol. The number of carbonyl (C=O) groups is 1. The molecule has 0 atom stereocenters. The first-order valence-electron chi connectivity index (χ1n) is 6.77. The summed E-state index contributed by atoms with van der Waals surface area (Å²) in [6.45, 7) is 4.00. The van der Waals surface area contributed by atoms with Gasteiger partial charge in [0.25, 0.3) is 0 Å². The third kappa shape index (κ3) is 3.55. The second-order valence-electron chi connectivity index (χ2n) is 5.58. The molecule has 1 aliphatic rings. The summed E-state index contributed by atoms with van der Waals surface area (Å²) in [5.74, 6) is -0.387. The van der Waals surface area contributed by atoms with Gasteiger partial charge in [0.15, 0.2) is 0 Å². The Bertz CT molecular complexity index is 467. The van der Waals surface area contributed by atoms with Gasteiger partial charge in [-0.25, -0.2) is 0 Å². The summed E-state index contributed by atoms with van der Waals surface area (Å²) in [5, 5.41) is 12.5. The van der Waals surface area contributed by atoms with Gasteiger partial charge in [0.05, 0.1) is 0 Å². The zero-order valence-corrected chi connectivity index (χ0v) is 11.4. The highest BCUT2D eigenvalue weighted by atomic mass is 16.3. The molecule has 1 amide bonds. The van der Waals surface area contributed by atoms with Crippen LogP contribution < -0.4 is 11.1 Å². The second-order valence-corrected chi connectivity index (χ2v) is 5.58. The fraction of sp³-hybridized carbons (Fsp3) is 0.533. The van der Waals surface area contributed by atoms with E-state index in [1.54, 1.807) is 6.07 Å². The molecule has 4 heteroatoms. The SMILES string of the molecule is Cc1cc(C(N)=O)ccc1CNCC1(CCO)CC1. The normalized spacial score (nSPS) is 16.3. The predicted octanol–water partition coefficient (Wildman–Crippen LogP) is 1.35. The van der Waals surface area contributed by atoms with Crippen molar-refractivity contribution in [2.75, 3.05) is 13.2 Å². The molecule has 1 fully saturated rings. The standard InChI is InChI=1S/C15H22N2O2/c1-11-8-12(14(16)19)2-3-13(11)9-17-10-15(4-5-15)6-7-18/h2-3,8,17-18H,4-7,9-10H2,1H3,(H2,16,19). The summed E-state index contributed by atoms with van der Waals surface area (Å²) in [4.78, 5) is 11.1. The number of aliphatic hydroxyl groups excluding tert-OH is 1. The number of nitrogens with two attached hydrogens (primary N) is 1. The molecule has 0 spiro atoms. The molecule has 0 heterocycles. The number of hydrogen-bond donors (Lipinski definition) is 3. The van der Waals surface area contributed by atoms with Crippen molar-refractivity contribution in [1.29, 1.82) is 0 Å². The van der Waals surface area contributed by atoms with Crippen LogP contribution >= 0.6 is 0 Å². The first-order chi connectivity index (χ1) is 9.06. The molecule has 0 bridgehead atoms. The van der Waals surface area contributed by atoms with Crippen LogP contribution in [0, 0.1) is 12.3 Å². The quantitative estimate of drug-likeness (QED) is 0.694. The van der Waals surface area contributed by atoms with Crippen LogP contribution in [0.1, 0.15) is 40.7 Å². The Morgan fingerprint density at radius 2 is 2.21 bits per heavy atom. The largest absolute Gasteiger partial charge is 0.396 e. The lowest BCUT2D eigenvalue weighted by Crippen LogP contribution is -2.24. The lowest BCUT2D eigenvalue weighted by molar-refractivity contribution is 0.1000.